The molecule has 1 aliphatic carbocycles. The molecule has 0 heterocycles. The molecule has 0 saturated heterocycles. The van der Waals surface area contributed by atoms with Gasteiger partial charge in [-0.3, -0.25) is 0 Å². The highest BCUT2D eigenvalue weighted by atomic mass is 16.3. The van der Waals surface area contributed by atoms with Crippen molar-refractivity contribution >= 4 is 0 Å². The van der Waals surface area contributed by atoms with Gasteiger partial charge in [-0.1, -0.05) is 17.2 Å². The maximum absolute atomic E-state index is 9.77. The van der Waals surface area contributed by atoms with Crippen molar-refractivity contribution in [3.8, 4) is 0 Å². The average Bonchev–Trinajstić information content (AvgIpc) is 2.16. The standard InChI is InChI=1S/C13H22O/c1-11(2)8-9-13(14)10-12-6-4-3-5-7-12/h6,13-14H,1,3-5,7-10H2,2H3. The molecule has 1 rings (SSSR count). The van der Waals surface area contributed by atoms with Gasteiger partial charge in [0.1, 0.15) is 0 Å². The quantitative estimate of drug-likeness (QED) is 0.663. The lowest BCUT2D eigenvalue weighted by atomic mass is 9.93. The molecular weight excluding hydrogens is 172 g/mol. The second-order valence-electron chi connectivity index (χ2n) is 4.46. The molecule has 0 bridgehead atoms. The van der Waals surface area contributed by atoms with E-state index < -0.39 is 0 Å². The maximum atomic E-state index is 9.77. The molecule has 14 heavy (non-hydrogen) atoms. The highest BCUT2D eigenvalue weighted by Gasteiger charge is 2.09. The number of allylic oxidation sites excluding steroid dienone is 2. The molecule has 1 atom stereocenters. The van der Waals surface area contributed by atoms with E-state index in [4.69, 9.17) is 0 Å². The van der Waals surface area contributed by atoms with Crippen LogP contribution >= 0.6 is 0 Å². The van der Waals surface area contributed by atoms with Gasteiger partial charge in [-0.25, -0.2) is 0 Å². The second kappa shape index (κ2) is 6.02. The van der Waals surface area contributed by atoms with Gasteiger partial charge in [0.2, 0.25) is 0 Å². The summed E-state index contributed by atoms with van der Waals surface area (Å²) < 4.78 is 0. The molecule has 0 spiro atoms. The monoisotopic (exact) mass is 194 g/mol. The van der Waals surface area contributed by atoms with E-state index in [1.807, 2.05) is 6.92 Å². The first-order valence-corrected chi connectivity index (χ1v) is 5.69. The molecule has 0 aliphatic heterocycles. The minimum Gasteiger partial charge on any atom is -0.393 e. The van der Waals surface area contributed by atoms with Crippen LogP contribution in [0.25, 0.3) is 0 Å². The fourth-order valence-corrected chi connectivity index (χ4v) is 1.91. The number of aliphatic hydroxyl groups is 1. The molecule has 1 nitrogen and oxygen atoms in total. The first kappa shape index (κ1) is 11.5. The van der Waals surface area contributed by atoms with Crippen LogP contribution in [0.5, 0.6) is 0 Å². The van der Waals surface area contributed by atoms with Gasteiger partial charge in [-0.05, 0) is 51.9 Å². The van der Waals surface area contributed by atoms with Gasteiger partial charge in [0.05, 0.1) is 6.10 Å². The second-order valence-corrected chi connectivity index (χ2v) is 4.46. The summed E-state index contributed by atoms with van der Waals surface area (Å²) in [5, 5.41) is 9.77. The van der Waals surface area contributed by atoms with Gasteiger partial charge in [0.15, 0.2) is 0 Å². The van der Waals surface area contributed by atoms with Crippen LogP contribution in [0.1, 0.15) is 51.9 Å². The molecular formula is C13H22O. The lowest BCUT2D eigenvalue weighted by Gasteiger charge is -2.16. The number of hydrogen-bond donors (Lipinski definition) is 1. The third-order valence-corrected chi connectivity index (χ3v) is 2.79. The van der Waals surface area contributed by atoms with Crippen LogP contribution in [0.15, 0.2) is 23.8 Å². The summed E-state index contributed by atoms with van der Waals surface area (Å²) in [7, 11) is 0. The Balaban J connectivity index is 2.21. The van der Waals surface area contributed by atoms with Crippen LogP contribution in [-0.4, -0.2) is 11.2 Å². The molecule has 1 N–H and O–H groups in total. The summed E-state index contributed by atoms with van der Waals surface area (Å²) in [6.07, 6.45) is 9.90. The highest BCUT2D eigenvalue weighted by Crippen LogP contribution is 2.22. The van der Waals surface area contributed by atoms with E-state index in [-0.39, 0.29) is 6.10 Å². The van der Waals surface area contributed by atoms with Crippen molar-refractivity contribution in [2.75, 3.05) is 0 Å². The van der Waals surface area contributed by atoms with E-state index in [0.717, 1.165) is 19.3 Å². The summed E-state index contributed by atoms with van der Waals surface area (Å²) >= 11 is 0. The van der Waals surface area contributed by atoms with Gasteiger partial charge in [-0.2, -0.15) is 0 Å². The number of hydrogen-bond acceptors (Lipinski definition) is 1. The summed E-state index contributed by atoms with van der Waals surface area (Å²) in [6, 6.07) is 0. The Morgan fingerprint density at radius 3 is 2.93 bits per heavy atom. The summed E-state index contributed by atoms with van der Waals surface area (Å²) in [6.45, 7) is 5.87. The van der Waals surface area contributed by atoms with Crippen molar-refractivity contribution in [3.05, 3.63) is 23.8 Å². The predicted molar refractivity (Wildman–Crippen MR) is 61.2 cm³/mol. The van der Waals surface area contributed by atoms with Crippen molar-refractivity contribution < 1.29 is 5.11 Å². The smallest absolute Gasteiger partial charge is 0.0580 e. The minimum absolute atomic E-state index is 0.156. The van der Waals surface area contributed by atoms with Crippen LogP contribution < -0.4 is 0 Å². The Hall–Kier alpha value is -0.560. The fraction of sp³-hybridized carbons (Fsp3) is 0.692. The van der Waals surface area contributed by atoms with Gasteiger partial charge in [0, 0.05) is 0 Å². The Kier molecular flexibility index (Phi) is 4.95. The Morgan fingerprint density at radius 2 is 2.36 bits per heavy atom. The first-order valence-electron chi connectivity index (χ1n) is 5.69. The molecule has 1 heteroatoms. The maximum Gasteiger partial charge on any atom is 0.0580 e. The van der Waals surface area contributed by atoms with Crippen LogP contribution in [0.2, 0.25) is 0 Å². The van der Waals surface area contributed by atoms with Gasteiger partial charge < -0.3 is 5.11 Å². The van der Waals surface area contributed by atoms with E-state index in [0.29, 0.717) is 0 Å². The molecule has 0 radical (unpaired) electrons. The molecule has 80 valence electrons. The van der Waals surface area contributed by atoms with Crippen molar-refractivity contribution in [1.82, 2.24) is 0 Å². The third-order valence-electron chi connectivity index (χ3n) is 2.79. The molecule has 0 aromatic carbocycles. The van der Waals surface area contributed by atoms with E-state index >= 15 is 0 Å². The van der Waals surface area contributed by atoms with E-state index in [1.54, 1.807) is 0 Å². The minimum atomic E-state index is -0.156. The molecule has 0 fully saturated rings. The largest absolute Gasteiger partial charge is 0.393 e. The average molecular weight is 194 g/mol. The highest BCUT2D eigenvalue weighted by molar-refractivity contribution is 5.06. The third kappa shape index (κ3) is 4.61. The number of rotatable bonds is 5. The number of aliphatic hydroxyl groups excluding tert-OH is 1. The molecule has 0 aromatic heterocycles. The molecule has 0 amide bonds. The molecule has 1 aliphatic rings. The van der Waals surface area contributed by atoms with Crippen molar-refractivity contribution in [1.29, 1.82) is 0 Å². The normalized spacial score (nSPS) is 18.9. The van der Waals surface area contributed by atoms with Crippen LogP contribution in [-0.2, 0) is 0 Å². The zero-order valence-corrected chi connectivity index (χ0v) is 9.26. The lowest BCUT2D eigenvalue weighted by Crippen LogP contribution is -2.09. The fourth-order valence-electron chi connectivity index (χ4n) is 1.91. The Bertz CT molecular complexity index is 215. The SMILES string of the molecule is C=C(C)CCC(O)CC1=CCCCC1. The summed E-state index contributed by atoms with van der Waals surface area (Å²) in [5.74, 6) is 0. The summed E-state index contributed by atoms with van der Waals surface area (Å²) in [5.41, 5.74) is 2.63. The van der Waals surface area contributed by atoms with Crippen LogP contribution in [0, 0.1) is 0 Å². The first-order chi connectivity index (χ1) is 6.68. The topological polar surface area (TPSA) is 20.2 Å². The van der Waals surface area contributed by atoms with Crippen LogP contribution in [0.4, 0.5) is 0 Å². The molecule has 0 saturated carbocycles. The zero-order valence-electron chi connectivity index (χ0n) is 9.26. The van der Waals surface area contributed by atoms with Gasteiger partial charge in [0.25, 0.3) is 0 Å². The van der Waals surface area contributed by atoms with Crippen LogP contribution in [0.3, 0.4) is 0 Å². The molecule has 0 aromatic rings. The Morgan fingerprint density at radius 1 is 1.57 bits per heavy atom. The van der Waals surface area contributed by atoms with E-state index in [1.165, 1.54) is 36.8 Å². The zero-order chi connectivity index (χ0) is 10.4. The Labute approximate surface area is 87.5 Å². The predicted octanol–water partition coefficient (Wildman–Crippen LogP) is 3.59. The van der Waals surface area contributed by atoms with Crippen molar-refractivity contribution in [3.63, 3.8) is 0 Å². The molecule has 1 unspecified atom stereocenters. The van der Waals surface area contributed by atoms with Crippen molar-refractivity contribution in [2.24, 2.45) is 0 Å². The van der Waals surface area contributed by atoms with E-state index in [9.17, 15) is 5.11 Å². The van der Waals surface area contributed by atoms with Crippen molar-refractivity contribution in [2.45, 2.75) is 58.0 Å². The summed E-state index contributed by atoms with van der Waals surface area (Å²) in [4.78, 5) is 0. The lowest BCUT2D eigenvalue weighted by molar-refractivity contribution is 0.163. The van der Waals surface area contributed by atoms with Gasteiger partial charge in [-0.15, -0.1) is 6.58 Å². The van der Waals surface area contributed by atoms with E-state index in [2.05, 4.69) is 12.7 Å². The van der Waals surface area contributed by atoms with Gasteiger partial charge >= 0.3 is 0 Å².